The van der Waals surface area contributed by atoms with Gasteiger partial charge < -0.3 is 14.8 Å². The molecule has 0 saturated carbocycles. The molecule has 1 saturated heterocycles. The lowest BCUT2D eigenvalue weighted by molar-refractivity contribution is -0.128. The Kier molecular flexibility index (Phi) is 6.86. The van der Waals surface area contributed by atoms with Gasteiger partial charge in [0.1, 0.15) is 5.75 Å². The Bertz CT molecular complexity index is 708. The van der Waals surface area contributed by atoms with Gasteiger partial charge in [0.05, 0.1) is 13.2 Å². The zero-order valence-corrected chi connectivity index (χ0v) is 15.4. The first-order chi connectivity index (χ1) is 12.8. The van der Waals surface area contributed by atoms with Gasteiger partial charge in [0, 0.05) is 25.0 Å². The van der Waals surface area contributed by atoms with Crippen molar-refractivity contribution in [2.75, 3.05) is 39.4 Å². The van der Waals surface area contributed by atoms with Gasteiger partial charge in [-0.3, -0.25) is 9.69 Å². The summed E-state index contributed by atoms with van der Waals surface area (Å²) >= 11 is 0. The Morgan fingerprint density at radius 3 is 2.77 bits per heavy atom. The number of carbonyl (C=O) groups excluding carboxylic acids is 1. The van der Waals surface area contributed by atoms with Gasteiger partial charge in [0.25, 0.3) is 5.91 Å². The first-order valence-electron chi connectivity index (χ1n) is 9.50. The molecule has 5 heteroatoms. The zero-order valence-electron chi connectivity index (χ0n) is 15.4. The van der Waals surface area contributed by atoms with E-state index in [1.165, 1.54) is 0 Å². The van der Waals surface area contributed by atoms with Gasteiger partial charge in [0.15, 0.2) is 6.10 Å². The highest BCUT2D eigenvalue weighted by molar-refractivity contribution is 5.89. The van der Waals surface area contributed by atoms with Crippen LogP contribution in [-0.4, -0.2) is 56.3 Å². The molecule has 1 aliphatic heterocycles. The third-order valence-corrected chi connectivity index (χ3v) is 4.74. The standard InChI is InChI=1S/C21H28N2O3/c1-2-19(21(24)22-11-6-12-23-13-15-25-16-14-23)26-20-10-5-8-17-7-3-4-9-18(17)20/h3-5,7-10,19H,2,6,11-16H2,1H3,(H,22,24)/t19-/m0/s1. The third kappa shape index (κ3) is 4.96. The topological polar surface area (TPSA) is 50.8 Å². The minimum absolute atomic E-state index is 0.0394. The summed E-state index contributed by atoms with van der Waals surface area (Å²) in [7, 11) is 0. The molecule has 1 heterocycles. The van der Waals surface area contributed by atoms with Crippen molar-refractivity contribution in [2.24, 2.45) is 0 Å². The van der Waals surface area contributed by atoms with Crippen molar-refractivity contribution in [3.8, 4) is 5.75 Å². The number of hydrogen-bond donors (Lipinski definition) is 1. The second-order valence-electron chi connectivity index (χ2n) is 6.59. The number of morpholine rings is 1. The second-order valence-corrected chi connectivity index (χ2v) is 6.59. The summed E-state index contributed by atoms with van der Waals surface area (Å²) < 4.78 is 11.4. The van der Waals surface area contributed by atoms with E-state index in [2.05, 4.69) is 22.3 Å². The molecule has 1 aliphatic rings. The van der Waals surface area contributed by atoms with Gasteiger partial charge in [-0.1, -0.05) is 43.3 Å². The van der Waals surface area contributed by atoms with Crippen LogP contribution < -0.4 is 10.1 Å². The van der Waals surface area contributed by atoms with Crippen LogP contribution in [0.25, 0.3) is 10.8 Å². The summed E-state index contributed by atoms with van der Waals surface area (Å²) in [6, 6.07) is 14.0. The van der Waals surface area contributed by atoms with Crippen molar-refractivity contribution in [3.63, 3.8) is 0 Å². The fourth-order valence-electron chi connectivity index (χ4n) is 3.23. The fraction of sp³-hybridized carbons (Fsp3) is 0.476. The molecule has 0 spiro atoms. The minimum atomic E-state index is -0.468. The van der Waals surface area contributed by atoms with Gasteiger partial charge in [0.2, 0.25) is 0 Å². The number of hydrogen-bond acceptors (Lipinski definition) is 4. The molecule has 0 bridgehead atoms. The molecule has 1 N–H and O–H groups in total. The summed E-state index contributed by atoms with van der Waals surface area (Å²) in [5, 5.41) is 5.17. The maximum Gasteiger partial charge on any atom is 0.261 e. The molecule has 0 unspecified atom stereocenters. The lowest BCUT2D eigenvalue weighted by Gasteiger charge is -2.26. The first kappa shape index (κ1) is 18.7. The van der Waals surface area contributed by atoms with E-state index in [4.69, 9.17) is 9.47 Å². The van der Waals surface area contributed by atoms with E-state index in [-0.39, 0.29) is 5.91 Å². The van der Waals surface area contributed by atoms with Crippen molar-refractivity contribution in [2.45, 2.75) is 25.9 Å². The van der Waals surface area contributed by atoms with Gasteiger partial charge in [-0.15, -0.1) is 0 Å². The summed E-state index contributed by atoms with van der Waals surface area (Å²) in [5.41, 5.74) is 0. The SMILES string of the molecule is CC[C@H](Oc1cccc2ccccc12)C(=O)NCCCN1CCOCC1. The molecule has 2 aromatic carbocycles. The average molecular weight is 356 g/mol. The van der Waals surface area contributed by atoms with Gasteiger partial charge in [-0.2, -0.15) is 0 Å². The molecule has 140 valence electrons. The molecule has 3 rings (SSSR count). The van der Waals surface area contributed by atoms with E-state index in [1.54, 1.807) is 0 Å². The van der Waals surface area contributed by atoms with Crippen LogP contribution in [0.15, 0.2) is 42.5 Å². The minimum Gasteiger partial charge on any atom is -0.480 e. The summed E-state index contributed by atoms with van der Waals surface area (Å²) in [5.74, 6) is 0.723. The number of nitrogens with zero attached hydrogens (tertiary/aromatic N) is 1. The zero-order chi connectivity index (χ0) is 18.2. The quantitative estimate of drug-likeness (QED) is 0.739. The van der Waals surface area contributed by atoms with Crippen molar-refractivity contribution in [1.82, 2.24) is 10.2 Å². The lowest BCUT2D eigenvalue weighted by Crippen LogP contribution is -2.41. The Morgan fingerprint density at radius 2 is 1.96 bits per heavy atom. The molecule has 26 heavy (non-hydrogen) atoms. The predicted octanol–water partition coefficient (Wildman–Crippen LogP) is 2.84. The lowest BCUT2D eigenvalue weighted by atomic mass is 10.1. The Hall–Kier alpha value is -2.11. The Labute approximate surface area is 155 Å². The number of amides is 1. The van der Waals surface area contributed by atoms with Crippen LogP contribution in [0.5, 0.6) is 5.75 Å². The molecule has 0 aliphatic carbocycles. The van der Waals surface area contributed by atoms with Gasteiger partial charge in [-0.25, -0.2) is 0 Å². The largest absolute Gasteiger partial charge is 0.480 e. The van der Waals surface area contributed by atoms with Crippen molar-refractivity contribution in [3.05, 3.63) is 42.5 Å². The number of fused-ring (bicyclic) bond motifs is 1. The molecular weight excluding hydrogens is 328 g/mol. The maximum absolute atomic E-state index is 12.5. The van der Waals surface area contributed by atoms with Crippen LogP contribution >= 0.6 is 0 Å². The second kappa shape index (κ2) is 9.55. The highest BCUT2D eigenvalue weighted by Gasteiger charge is 2.19. The fourth-order valence-corrected chi connectivity index (χ4v) is 3.23. The van der Waals surface area contributed by atoms with E-state index in [0.29, 0.717) is 13.0 Å². The molecule has 1 amide bonds. The summed E-state index contributed by atoms with van der Waals surface area (Å²) in [4.78, 5) is 14.9. The first-order valence-corrected chi connectivity index (χ1v) is 9.50. The summed E-state index contributed by atoms with van der Waals surface area (Å²) in [6.07, 6.45) is 1.11. The monoisotopic (exact) mass is 356 g/mol. The van der Waals surface area contributed by atoms with E-state index < -0.39 is 6.10 Å². The maximum atomic E-state index is 12.5. The number of carbonyl (C=O) groups is 1. The van der Waals surface area contributed by atoms with Crippen LogP contribution in [0.3, 0.4) is 0 Å². The Balaban J connectivity index is 1.50. The van der Waals surface area contributed by atoms with E-state index in [1.807, 2.05) is 37.3 Å². The van der Waals surface area contributed by atoms with Crippen LogP contribution in [0.1, 0.15) is 19.8 Å². The normalized spacial score (nSPS) is 16.3. The Morgan fingerprint density at radius 1 is 1.19 bits per heavy atom. The van der Waals surface area contributed by atoms with Crippen molar-refractivity contribution >= 4 is 16.7 Å². The number of benzene rings is 2. The highest BCUT2D eigenvalue weighted by atomic mass is 16.5. The van der Waals surface area contributed by atoms with Gasteiger partial charge in [-0.05, 0) is 30.8 Å². The molecule has 5 nitrogen and oxygen atoms in total. The van der Waals surface area contributed by atoms with E-state index in [0.717, 1.165) is 55.8 Å². The molecule has 2 aromatic rings. The predicted molar refractivity (Wildman–Crippen MR) is 104 cm³/mol. The highest BCUT2D eigenvalue weighted by Crippen LogP contribution is 2.26. The number of ether oxygens (including phenoxy) is 2. The smallest absolute Gasteiger partial charge is 0.261 e. The van der Waals surface area contributed by atoms with Crippen LogP contribution in [0.2, 0.25) is 0 Å². The summed E-state index contributed by atoms with van der Waals surface area (Å²) in [6.45, 7) is 7.22. The van der Waals surface area contributed by atoms with Crippen molar-refractivity contribution in [1.29, 1.82) is 0 Å². The molecular formula is C21H28N2O3. The van der Waals surface area contributed by atoms with E-state index in [9.17, 15) is 4.79 Å². The molecule has 0 radical (unpaired) electrons. The van der Waals surface area contributed by atoms with Gasteiger partial charge >= 0.3 is 0 Å². The molecule has 0 aromatic heterocycles. The van der Waals surface area contributed by atoms with E-state index >= 15 is 0 Å². The third-order valence-electron chi connectivity index (χ3n) is 4.74. The molecule has 1 fully saturated rings. The van der Waals surface area contributed by atoms with Crippen LogP contribution in [-0.2, 0) is 9.53 Å². The number of nitrogens with one attached hydrogen (secondary N) is 1. The van der Waals surface area contributed by atoms with Crippen molar-refractivity contribution < 1.29 is 14.3 Å². The molecule has 1 atom stereocenters. The van der Waals surface area contributed by atoms with Crippen LogP contribution in [0, 0.1) is 0 Å². The average Bonchev–Trinajstić information content (AvgIpc) is 2.70. The van der Waals surface area contributed by atoms with Crippen LogP contribution in [0.4, 0.5) is 0 Å². The number of rotatable bonds is 8.